The molecule has 19 heavy (non-hydrogen) atoms. The Kier molecular flexibility index (Phi) is 4.00. The van der Waals surface area contributed by atoms with E-state index in [-0.39, 0.29) is 11.9 Å². The summed E-state index contributed by atoms with van der Waals surface area (Å²) >= 11 is 0. The van der Waals surface area contributed by atoms with Gasteiger partial charge in [-0.2, -0.15) is 0 Å². The number of rotatable bonds is 3. The fourth-order valence-electron chi connectivity index (χ4n) is 2.00. The Morgan fingerprint density at radius 2 is 1.68 bits per heavy atom. The molecule has 2 nitrogen and oxygen atoms in total. The van der Waals surface area contributed by atoms with Crippen LogP contribution in [0.5, 0.6) is 0 Å². The molecule has 0 aliphatic carbocycles. The van der Waals surface area contributed by atoms with Crippen molar-refractivity contribution in [3.05, 3.63) is 70.8 Å². The number of nitrogens with one attached hydrogen (secondary N) is 1. The van der Waals surface area contributed by atoms with Gasteiger partial charge in [0.25, 0.3) is 5.91 Å². The van der Waals surface area contributed by atoms with Gasteiger partial charge < -0.3 is 5.32 Å². The van der Waals surface area contributed by atoms with Gasteiger partial charge in [-0.05, 0) is 38.5 Å². The molecule has 0 spiro atoms. The Morgan fingerprint density at radius 3 is 2.32 bits per heavy atom. The average molecular weight is 253 g/mol. The Hall–Kier alpha value is -2.09. The molecule has 0 aliphatic rings. The lowest BCUT2D eigenvalue weighted by atomic mass is 10.1. The highest BCUT2D eigenvalue weighted by molar-refractivity contribution is 5.94. The molecule has 0 radical (unpaired) electrons. The van der Waals surface area contributed by atoms with E-state index in [1.807, 2.05) is 38.1 Å². The van der Waals surface area contributed by atoms with Crippen molar-refractivity contribution in [2.45, 2.75) is 26.8 Å². The van der Waals surface area contributed by atoms with Gasteiger partial charge >= 0.3 is 0 Å². The number of amides is 1. The molecule has 0 saturated carbocycles. The highest BCUT2D eigenvalue weighted by Crippen LogP contribution is 2.14. The van der Waals surface area contributed by atoms with Crippen LogP contribution in [0.1, 0.15) is 40.0 Å². The number of hydrogen-bond acceptors (Lipinski definition) is 1. The van der Waals surface area contributed by atoms with E-state index in [4.69, 9.17) is 0 Å². The van der Waals surface area contributed by atoms with Gasteiger partial charge in [-0.1, -0.05) is 47.5 Å². The van der Waals surface area contributed by atoms with Crippen molar-refractivity contribution in [1.29, 1.82) is 0 Å². The second kappa shape index (κ2) is 5.70. The predicted molar refractivity (Wildman–Crippen MR) is 78.2 cm³/mol. The molecule has 0 aliphatic heterocycles. The molecule has 1 amide bonds. The summed E-state index contributed by atoms with van der Waals surface area (Å²) in [6.45, 7) is 6.04. The van der Waals surface area contributed by atoms with Crippen LogP contribution in [0.4, 0.5) is 0 Å². The third-order valence-electron chi connectivity index (χ3n) is 3.21. The second-order valence-corrected chi connectivity index (χ2v) is 4.98. The summed E-state index contributed by atoms with van der Waals surface area (Å²) in [7, 11) is 0. The number of carbonyl (C=O) groups is 1. The summed E-state index contributed by atoms with van der Waals surface area (Å²) in [5, 5.41) is 3.02. The zero-order chi connectivity index (χ0) is 13.8. The van der Waals surface area contributed by atoms with Crippen molar-refractivity contribution in [2.24, 2.45) is 0 Å². The third kappa shape index (κ3) is 3.44. The highest BCUT2D eigenvalue weighted by Gasteiger charge is 2.11. The van der Waals surface area contributed by atoms with Crippen LogP contribution in [0.2, 0.25) is 0 Å². The maximum atomic E-state index is 12.1. The van der Waals surface area contributed by atoms with Gasteiger partial charge in [0.05, 0.1) is 6.04 Å². The van der Waals surface area contributed by atoms with Gasteiger partial charge in [-0.3, -0.25) is 4.79 Å². The third-order valence-corrected chi connectivity index (χ3v) is 3.21. The van der Waals surface area contributed by atoms with Crippen molar-refractivity contribution < 1.29 is 4.79 Å². The van der Waals surface area contributed by atoms with Crippen molar-refractivity contribution >= 4 is 5.91 Å². The summed E-state index contributed by atoms with van der Waals surface area (Å²) in [6.07, 6.45) is 0. The van der Waals surface area contributed by atoms with E-state index in [0.29, 0.717) is 5.56 Å². The Morgan fingerprint density at radius 1 is 1.00 bits per heavy atom. The highest BCUT2D eigenvalue weighted by atomic mass is 16.1. The average Bonchev–Trinajstić information content (AvgIpc) is 2.39. The zero-order valence-corrected chi connectivity index (χ0v) is 11.6. The van der Waals surface area contributed by atoms with Gasteiger partial charge in [-0.25, -0.2) is 0 Å². The second-order valence-electron chi connectivity index (χ2n) is 4.98. The summed E-state index contributed by atoms with van der Waals surface area (Å²) in [5.41, 5.74) is 4.14. The molecule has 2 heteroatoms. The molecule has 2 rings (SSSR count). The first-order valence-electron chi connectivity index (χ1n) is 6.50. The molecule has 0 aromatic heterocycles. The molecule has 0 saturated heterocycles. The largest absolute Gasteiger partial charge is 0.346 e. The number of hydrogen-bond donors (Lipinski definition) is 1. The Bertz CT molecular complexity index is 572. The van der Waals surface area contributed by atoms with E-state index in [1.54, 1.807) is 0 Å². The standard InChI is InChI=1S/C17H19NO/c1-12-7-9-15(10-8-12)14(3)18-17(19)16-6-4-5-13(2)11-16/h4-11,14H,1-3H3,(H,18,19)/t14-/m1/s1. The van der Waals surface area contributed by atoms with Crippen LogP contribution in [0.15, 0.2) is 48.5 Å². The topological polar surface area (TPSA) is 29.1 Å². The molecule has 2 aromatic rings. The molecule has 0 bridgehead atoms. The first kappa shape index (κ1) is 13.3. The maximum absolute atomic E-state index is 12.1. The Balaban J connectivity index is 2.08. The predicted octanol–water partition coefficient (Wildman–Crippen LogP) is 3.79. The van der Waals surface area contributed by atoms with Crippen molar-refractivity contribution in [3.8, 4) is 0 Å². The molecule has 0 heterocycles. The zero-order valence-electron chi connectivity index (χ0n) is 11.6. The smallest absolute Gasteiger partial charge is 0.251 e. The van der Waals surface area contributed by atoms with Gasteiger partial charge in [0.2, 0.25) is 0 Å². The summed E-state index contributed by atoms with van der Waals surface area (Å²) in [4.78, 5) is 12.1. The van der Waals surface area contributed by atoms with Gasteiger partial charge in [0, 0.05) is 5.56 Å². The van der Waals surface area contributed by atoms with Gasteiger partial charge in [0.15, 0.2) is 0 Å². The number of benzene rings is 2. The molecular weight excluding hydrogens is 234 g/mol. The van der Waals surface area contributed by atoms with Crippen LogP contribution >= 0.6 is 0 Å². The molecule has 0 fully saturated rings. The summed E-state index contributed by atoms with van der Waals surface area (Å²) in [5.74, 6) is -0.0308. The number of carbonyl (C=O) groups excluding carboxylic acids is 1. The van der Waals surface area contributed by atoms with Gasteiger partial charge in [0.1, 0.15) is 0 Å². The van der Waals surface area contributed by atoms with E-state index in [9.17, 15) is 4.79 Å². The fraction of sp³-hybridized carbons (Fsp3) is 0.235. The van der Waals surface area contributed by atoms with Crippen LogP contribution in [-0.2, 0) is 0 Å². The van der Waals surface area contributed by atoms with Crippen molar-refractivity contribution in [2.75, 3.05) is 0 Å². The minimum atomic E-state index is -0.0308. The molecule has 2 aromatic carbocycles. The quantitative estimate of drug-likeness (QED) is 0.885. The Labute approximate surface area is 114 Å². The lowest BCUT2D eigenvalue weighted by Crippen LogP contribution is -2.26. The normalized spacial score (nSPS) is 11.9. The SMILES string of the molecule is Cc1ccc([C@@H](C)NC(=O)c2cccc(C)c2)cc1. The van der Waals surface area contributed by atoms with Gasteiger partial charge in [-0.15, -0.1) is 0 Å². The molecule has 0 unspecified atom stereocenters. The van der Waals surface area contributed by atoms with Crippen LogP contribution in [-0.4, -0.2) is 5.91 Å². The minimum absolute atomic E-state index is 0.00797. The summed E-state index contributed by atoms with van der Waals surface area (Å²) in [6, 6.07) is 15.9. The lowest BCUT2D eigenvalue weighted by Gasteiger charge is -2.14. The monoisotopic (exact) mass is 253 g/mol. The van der Waals surface area contributed by atoms with E-state index < -0.39 is 0 Å². The maximum Gasteiger partial charge on any atom is 0.251 e. The van der Waals surface area contributed by atoms with Crippen LogP contribution < -0.4 is 5.32 Å². The minimum Gasteiger partial charge on any atom is -0.346 e. The van der Waals surface area contributed by atoms with E-state index >= 15 is 0 Å². The van der Waals surface area contributed by atoms with Crippen molar-refractivity contribution in [3.63, 3.8) is 0 Å². The van der Waals surface area contributed by atoms with E-state index in [2.05, 4.69) is 36.5 Å². The van der Waals surface area contributed by atoms with Crippen LogP contribution in [0, 0.1) is 13.8 Å². The van der Waals surface area contributed by atoms with Crippen LogP contribution in [0.25, 0.3) is 0 Å². The number of aryl methyl sites for hydroxylation is 2. The van der Waals surface area contributed by atoms with Crippen LogP contribution in [0.3, 0.4) is 0 Å². The first-order chi connectivity index (χ1) is 9.06. The first-order valence-corrected chi connectivity index (χ1v) is 6.50. The lowest BCUT2D eigenvalue weighted by molar-refractivity contribution is 0.0940. The molecule has 1 atom stereocenters. The fourth-order valence-corrected chi connectivity index (χ4v) is 2.00. The van der Waals surface area contributed by atoms with E-state index in [0.717, 1.165) is 11.1 Å². The van der Waals surface area contributed by atoms with E-state index in [1.165, 1.54) is 5.56 Å². The summed E-state index contributed by atoms with van der Waals surface area (Å²) < 4.78 is 0. The molecule has 1 N–H and O–H groups in total. The van der Waals surface area contributed by atoms with Crippen molar-refractivity contribution in [1.82, 2.24) is 5.32 Å². The molecule has 98 valence electrons. The molecular formula is C17H19NO.